The van der Waals surface area contributed by atoms with Crippen molar-refractivity contribution in [2.75, 3.05) is 6.61 Å². The Hall–Kier alpha value is -2.55. The van der Waals surface area contributed by atoms with Gasteiger partial charge in [-0.1, -0.05) is 25.1 Å². The Morgan fingerprint density at radius 2 is 1.72 bits per heavy atom. The predicted molar refractivity (Wildman–Crippen MR) is 100.0 cm³/mol. The molecule has 0 N–H and O–H groups in total. The molecule has 0 saturated heterocycles. The summed E-state index contributed by atoms with van der Waals surface area (Å²) in [5, 5.41) is 0. The van der Waals surface area contributed by atoms with Gasteiger partial charge in [0.1, 0.15) is 11.5 Å². The average molecular weight is 336 g/mol. The first-order valence-corrected chi connectivity index (χ1v) is 8.99. The number of carbonyl (C=O) groups is 1. The molecular formula is C22H24O3. The summed E-state index contributed by atoms with van der Waals surface area (Å²) in [7, 11) is 0. The molecule has 2 aromatic rings. The quantitative estimate of drug-likeness (QED) is 0.424. The summed E-state index contributed by atoms with van der Waals surface area (Å²) in [5.41, 5.74) is 3.63. The zero-order chi connectivity index (χ0) is 17.5. The number of hydrogen-bond donors (Lipinski definition) is 0. The Labute approximate surface area is 149 Å². The summed E-state index contributed by atoms with van der Waals surface area (Å²) in [5.74, 6) is 1.11. The molecule has 0 spiro atoms. The van der Waals surface area contributed by atoms with Crippen LogP contribution in [-0.2, 0) is 17.6 Å². The molecule has 0 amide bonds. The van der Waals surface area contributed by atoms with Gasteiger partial charge in [0, 0.05) is 6.08 Å². The van der Waals surface area contributed by atoms with E-state index < -0.39 is 0 Å². The zero-order valence-electron chi connectivity index (χ0n) is 14.7. The highest BCUT2D eigenvalue weighted by Gasteiger charge is 2.10. The zero-order valence-corrected chi connectivity index (χ0v) is 14.7. The standard InChI is InChI=1S/C22H24O3/c1-2-15-24-20-11-7-17(8-12-20)9-14-22(23)25-21-13-10-18-5-3-4-6-19(18)16-21/h7-14,16H,2-6,15H2,1H3/b14-9+. The van der Waals surface area contributed by atoms with Gasteiger partial charge < -0.3 is 9.47 Å². The largest absolute Gasteiger partial charge is 0.494 e. The maximum Gasteiger partial charge on any atom is 0.336 e. The summed E-state index contributed by atoms with van der Waals surface area (Å²) in [6.45, 7) is 2.79. The molecule has 0 heterocycles. The van der Waals surface area contributed by atoms with Gasteiger partial charge in [-0.3, -0.25) is 0 Å². The van der Waals surface area contributed by atoms with Crippen LogP contribution in [-0.4, -0.2) is 12.6 Å². The fraction of sp³-hybridized carbons (Fsp3) is 0.318. The molecule has 130 valence electrons. The molecule has 1 aliphatic carbocycles. The molecule has 0 bridgehead atoms. The first kappa shape index (κ1) is 17.3. The molecule has 3 heteroatoms. The van der Waals surface area contributed by atoms with Crippen molar-refractivity contribution in [2.24, 2.45) is 0 Å². The number of ether oxygens (including phenoxy) is 2. The Morgan fingerprint density at radius 1 is 1.00 bits per heavy atom. The third-order valence-electron chi connectivity index (χ3n) is 4.30. The van der Waals surface area contributed by atoms with Crippen molar-refractivity contribution in [3.05, 3.63) is 65.2 Å². The molecule has 3 nitrogen and oxygen atoms in total. The molecule has 0 atom stereocenters. The predicted octanol–water partition coefficient (Wildman–Crippen LogP) is 4.97. The molecule has 1 aliphatic rings. The topological polar surface area (TPSA) is 35.5 Å². The van der Waals surface area contributed by atoms with Crippen molar-refractivity contribution in [1.29, 1.82) is 0 Å². The third-order valence-corrected chi connectivity index (χ3v) is 4.30. The van der Waals surface area contributed by atoms with Gasteiger partial charge in [-0.2, -0.15) is 0 Å². The lowest BCUT2D eigenvalue weighted by molar-refractivity contribution is -0.128. The fourth-order valence-corrected chi connectivity index (χ4v) is 2.98. The van der Waals surface area contributed by atoms with Gasteiger partial charge in [0.2, 0.25) is 0 Å². The van der Waals surface area contributed by atoms with Crippen LogP contribution < -0.4 is 9.47 Å². The van der Waals surface area contributed by atoms with E-state index in [4.69, 9.17) is 9.47 Å². The third kappa shape index (κ3) is 4.96. The highest BCUT2D eigenvalue weighted by atomic mass is 16.5. The minimum atomic E-state index is -0.359. The molecule has 0 aliphatic heterocycles. The Balaban J connectivity index is 1.57. The molecule has 25 heavy (non-hydrogen) atoms. The van der Waals surface area contributed by atoms with Crippen molar-refractivity contribution < 1.29 is 14.3 Å². The van der Waals surface area contributed by atoms with E-state index in [0.717, 1.165) is 30.6 Å². The van der Waals surface area contributed by atoms with E-state index in [-0.39, 0.29) is 5.97 Å². The van der Waals surface area contributed by atoms with E-state index in [1.165, 1.54) is 30.0 Å². The lowest BCUT2D eigenvalue weighted by atomic mass is 9.92. The maximum atomic E-state index is 12.0. The monoisotopic (exact) mass is 336 g/mol. The summed E-state index contributed by atoms with van der Waals surface area (Å²) < 4.78 is 11.0. The number of esters is 1. The van der Waals surface area contributed by atoms with E-state index in [9.17, 15) is 4.79 Å². The summed E-state index contributed by atoms with van der Waals surface area (Å²) in [4.78, 5) is 12.0. The van der Waals surface area contributed by atoms with Crippen LogP contribution in [0.5, 0.6) is 11.5 Å². The van der Waals surface area contributed by atoms with Crippen LogP contribution in [0.15, 0.2) is 48.5 Å². The van der Waals surface area contributed by atoms with E-state index in [0.29, 0.717) is 12.4 Å². The van der Waals surface area contributed by atoms with Crippen molar-refractivity contribution >= 4 is 12.0 Å². The highest BCUT2D eigenvalue weighted by molar-refractivity contribution is 5.88. The van der Waals surface area contributed by atoms with Gasteiger partial charge in [-0.15, -0.1) is 0 Å². The first-order chi connectivity index (χ1) is 12.2. The minimum Gasteiger partial charge on any atom is -0.494 e. The van der Waals surface area contributed by atoms with Gasteiger partial charge in [-0.25, -0.2) is 4.79 Å². The molecule has 2 aromatic carbocycles. The molecular weight excluding hydrogens is 312 g/mol. The Morgan fingerprint density at radius 3 is 2.48 bits per heavy atom. The number of aryl methyl sites for hydroxylation is 2. The Kier molecular flexibility index (Phi) is 5.89. The van der Waals surface area contributed by atoms with E-state index in [2.05, 4.69) is 13.0 Å². The van der Waals surface area contributed by atoms with Crippen LogP contribution in [0.4, 0.5) is 0 Å². The van der Waals surface area contributed by atoms with E-state index in [1.54, 1.807) is 6.08 Å². The van der Waals surface area contributed by atoms with Gasteiger partial charge in [0.15, 0.2) is 0 Å². The number of hydrogen-bond acceptors (Lipinski definition) is 3. The molecule has 0 radical (unpaired) electrons. The van der Waals surface area contributed by atoms with Gasteiger partial charge >= 0.3 is 5.97 Å². The average Bonchev–Trinajstić information content (AvgIpc) is 2.65. The molecule has 0 aromatic heterocycles. The fourth-order valence-electron chi connectivity index (χ4n) is 2.98. The summed E-state index contributed by atoms with van der Waals surface area (Å²) in [6, 6.07) is 13.6. The highest BCUT2D eigenvalue weighted by Crippen LogP contribution is 2.25. The van der Waals surface area contributed by atoms with Crippen LogP contribution >= 0.6 is 0 Å². The van der Waals surface area contributed by atoms with Crippen molar-refractivity contribution in [3.63, 3.8) is 0 Å². The number of carbonyl (C=O) groups excluding carboxylic acids is 1. The minimum absolute atomic E-state index is 0.359. The first-order valence-electron chi connectivity index (χ1n) is 8.99. The second kappa shape index (κ2) is 8.52. The summed E-state index contributed by atoms with van der Waals surface area (Å²) >= 11 is 0. The van der Waals surface area contributed by atoms with Crippen LogP contribution in [0, 0.1) is 0 Å². The van der Waals surface area contributed by atoms with E-state index in [1.807, 2.05) is 36.4 Å². The van der Waals surface area contributed by atoms with Crippen LogP contribution in [0.1, 0.15) is 42.9 Å². The lowest BCUT2D eigenvalue weighted by Crippen LogP contribution is -2.06. The smallest absolute Gasteiger partial charge is 0.336 e. The normalized spacial score (nSPS) is 13.5. The van der Waals surface area contributed by atoms with Crippen molar-refractivity contribution in [1.82, 2.24) is 0 Å². The van der Waals surface area contributed by atoms with Crippen LogP contribution in [0.2, 0.25) is 0 Å². The maximum absolute atomic E-state index is 12.0. The van der Waals surface area contributed by atoms with Crippen molar-refractivity contribution in [3.8, 4) is 11.5 Å². The molecule has 0 fully saturated rings. The number of fused-ring (bicyclic) bond motifs is 1. The molecule has 0 unspecified atom stereocenters. The number of rotatable bonds is 6. The Bertz CT molecular complexity index is 744. The molecule has 0 saturated carbocycles. The van der Waals surface area contributed by atoms with Crippen molar-refractivity contribution in [2.45, 2.75) is 39.0 Å². The second-order valence-electron chi connectivity index (χ2n) is 6.31. The van der Waals surface area contributed by atoms with Gasteiger partial charge in [-0.05, 0) is 79.1 Å². The lowest BCUT2D eigenvalue weighted by Gasteiger charge is -2.16. The van der Waals surface area contributed by atoms with Crippen LogP contribution in [0.3, 0.4) is 0 Å². The summed E-state index contributed by atoms with van der Waals surface area (Å²) in [6.07, 6.45) is 8.85. The van der Waals surface area contributed by atoms with Gasteiger partial charge in [0.05, 0.1) is 6.61 Å². The number of benzene rings is 2. The second-order valence-corrected chi connectivity index (χ2v) is 6.31. The van der Waals surface area contributed by atoms with Gasteiger partial charge in [0.25, 0.3) is 0 Å². The molecule has 3 rings (SSSR count). The van der Waals surface area contributed by atoms with E-state index >= 15 is 0 Å². The SMILES string of the molecule is CCCOc1ccc(/C=C/C(=O)Oc2ccc3c(c2)CCCC3)cc1. The van der Waals surface area contributed by atoms with Crippen LogP contribution in [0.25, 0.3) is 6.08 Å².